The number of Topliss-reactive ketones (excluding diaryl/α,β-unsaturated/α-hetero) is 1. The molecule has 0 fully saturated rings. The second kappa shape index (κ2) is 9.35. The fourth-order valence-corrected chi connectivity index (χ4v) is 4.00. The van der Waals surface area contributed by atoms with Crippen LogP contribution in [0.3, 0.4) is 0 Å². The minimum atomic E-state index is -0.914. The molecule has 2 aromatic carbocycles. The number of rotatable bonds is 9. The van der Waals surface area contributed by atoms with Crippen molar-refractivity contribution >= 4 is 5.78 Å². The first-order valence-electron chi connectivity index (χ1n) is 10.1. The zero-order valence-corrected chi connectivity index (χ0v) is 17.6. The molecule has 0 amide bonds. The van der Waals surface area contributed by atoms with Crippen LogP contribution in [0.4, 0.5) is 0 Å². The summed E-state index contributed by atoms with van der Waals surface area (Å²) in [5.41, 5.74) is 7.30. The summed E-state index contributed by atoms with van der Waals surface area (Å²) in [6.07, 6.45) is -0.481. The van der Waals surface area contributed by atoms with Crippen molar-refractivity contribution in [2.45, 2.75) is 52.7 Å². The molecule has 0 saturated carbocycles. The SMILES string of the molecule is CCC(=O)c1cccc(-c2ccccc2)c1OC(C(C)C)(C(C)C)C(O)CN. The summed E-state index contributed by atoms with van der Waals surface area (Å²) in [4.78, 5) is 12.7. The molecule has 0 radical (unpaired) electrons. The van der Waals surface area contributed by atoms with Gasteiger partial charge in [0.05, 0.1) is 5.56 Å². The molecule has 0 saturated heterocycles. The van der Waals surface area contributed by atoms with E-state index in [2.05, 4.69) is 0 Å². The summed E-state index contributed by atoms with van der Waals surface area (Å²) in [5, 5.41) is 10.9. The number of aliphatic hydroxyl groups excluding tert-OH is 1. The lowest BCUT2D eigenvalue weighted by molar-refractivity contribution is -0.111. The van der Waals surface area contributed by atoms with Crippen LogP contribution in [0.1, 0.15) is 51.4 Å². The zero-order valence-electron chi connectivity index (χ0n) is 17.6. The van der Waals surface area contributed by atoms with E-state index >= 15 is 0 Å². The van der Waals surface area contributed by atoms with Crippen LogP contribution in [0.5, 0.6) is 5.75 Å². The van der Waals surface area contributed by atoms with Crippen LogP contribution < -0.4 is 10.5 Å². The van der Waals surface area contributed by atoms with Gasteiger partial charge in [-0.05, 0) is 23.5 Å². The molecule has 3 N–H and O–H groups in total. The van der Waals surface area contributed by atoms with Crippen LogP contribution in [0, 0.1) is 11.8 Å². The van der Waals surface area contributed by atoms with Gasteiger partial charge < -0.3 is 15.6 Å². The molecule has 4 nitrogen and oxygen atoms in total. The van der Waals surface area contributed by atoms with Crippen molar-refractivity contribution in [3.8, 4) is 16.9 Å². The Kier molecular flexibility index (Phi) is 7.39. The van der Waals surface area contributed by atoms with Crippen molar-refractivity contribution in [2.75, 3.05) is 6.54 Å². The van der Waals surface area contributed by atoms with Gasteiger partial charge in [-0.1, -0.05) is 77.1 Å². The van der Waals surface area contributed by atoms with Crippen LogP contribution in [-0.4, -0.2) is 29.1 Å². The topological polar surface area (TPSA) is 72.5 Å². The minimum absolute atomic E-state index is 0.0106. The summed E-state index contributed by atoms with van der Waals surface area (Å²) in [7, 11) is 0. The molecule has 4 heteroatoms. The molecule has 1 atom stereocenters. The van der Waals surface area contributed by atoms with E-state index < -0.39 is 11.7 Å². The molecular formula is C24H33NO3. The van der Waals surface area contributed by atoms with Gasteiger partial charge in [-0.3, -0.25) is 4.79 Å². The fraction of sp³-hybridized carbons (Fsp3) is 0.458. The number of ether oxygens (including phenoxy) is 1. The molecule has 0 aliphatic heterocycles. The predicted octanol–water partition coefficient (Wildman–Crippen LogP) is 4.70. The van der Waals surface area contributed by atoms with E-state index in [1.807, 2.05) is 77.1 Å². The normalized spacial score (nSPS) is 13.0. The van der Waals surface area contributed by atoms with Crippen LogP contribution in [0.15, 0.2) is 48.5 Å². The van der Waals surface area contributed by atoms with Gasteiger partial charge >= 0.3 is 0 Å². The lowest BCUT2D eigenvalue weighted by Gasteiger charge is -2.45. The average molecular weight is 384 g/mol. The van der Waals surface area contributed by atoms with Crippen molar-refractivity contribution in [1.82, 2.24) is 0 Å². The van der Waals surface area contributed by atoms with Crippen LogP contribution in [0.25, 0.3) is 11.1 Å². The van der Waals surface area contributed by atoms with E-state index in [1.54, 1.807) is 6.07 Å². The molecule has 0 aromatic heterocycles. The maximum Gasteiger partial charge on any atom is 0.166 e. The highest BCUT2D eigenvalue weighted by molar-refractivity contribution is 6.00. The van der Waals surface area contributed by atoms with Gasteiger partial charge in [0.15, 0.2) is 5.78 Å². The third-order valence-electron chi connectivity index (χ3n) is 5.55. The molecule has 0 spiro atoms. The minimum Gasteiger partial charge on any atom is -0.483 e. The molecule has 152 valence electrons. The Labute approximate surface area is 168 Å². The van der Waals surface area contributed by atoms with E-state index in [4.69, 9.17) is 10.5 Å². The highest BCUT2D eigenvalue weighted by atomic mass is 16.5. The van der Waals surface area contributed by atoms with Crippen molar-refractivity contribution in [3.63, 3.8) is 0 Å². The Balaban J connectivity index is 2.75. The Morgan fingerprint density at radius 1 is 1.04 bits per heavy atom. The first kappa shape index (κ1) is 22.1. The fourth-order valence-electron chi connectivity index (χ4n) is 4.00. The first-order chi connectivity index (χ1) is 13.3. The molecule has 0 heterocycles. The van der Waals surface area contributed by atoms with E-state index in [0.29, 0.717) is 17.7 Å². The summed E-state index contributed by atoms with van der Waals surface area (Å²) in [6.45, 7) is 10.0. The summed E-state index contributed by atoms with van der Waals surface area (Å²) in [5.74, 6) is 0.505. The van der Waals surface area contributed by atoms with Crippen molar-refractivity contribution in [2.24, 2.45) is 17.6 Å². The number of aliphatic hydroxyl groups is 1. The van der Waals surface area contributed by atoms with E-state index in [1.165, 1.54) is 0 Å². The number of hydrogen-bond donors (Lipinski definition) is 2. The number of benzene rings is 2. The van der Waals surface area contributed by atoms with Crippen LogP contribution >= 0.6 is 0 Å². The Morgan fingerprint density at radius 3 is 2.14 bits per heavy atom. The third-order valence-corrected chi connectivity index (χ3v) is 5.55. The summed E-state index contributed by atoms with van der Waals surface area (Å²) in [6, 6.07) is 15.5. The van der Waals surface area contributed by atoms with Crippen LogP contribution in [-0.2, 0) is 0 Å². The number of hydrogen-bond acceptors (Lipinski definition) is 4. The predicted molar refractivity (Wildman–Crippen MR) is 115 cm³/mol. The molecule has 28 heavy (non-hydrogen) atoms. The molecular weight excluding hydrogens is 350 g/mol. The monoisotopic (exact) mass is 383 g/mol. The van der Waals surface area contributed by atoms with Gasteiger partial charge in [0.2, 0.25) is 0 Å². The second-order valence-electron chi connectivity index (χ2n) is 7.84. The van der Waals surface area contributed by atoms with Gasteiger partial charge in [-0.2, -0.15) is 0 Å². The highest BCUT2D eigenvalue weighted by Gasteiger charge is 2.46. The van der Waals surface area contributed by atoms with Gasteiger partial charge in [0.1, 0.15) is 17.5 Å². The number of nitrogens with two attached hydrogens (primary N) is 1. The molecule has 0 aliphatic carbocycles. The lowest BCUT2D eigenvalue weighted by atomic mass is 9.75. The van der Waals surface area contributed by atoms with Crippen molar-refractivity contribution in [3.05, 3.63) is 54.1 Å². The Hall–Kier alpha value is -2.17. The zero-order chi connectivity index (χ0) is 20.9. The molecule has 1 unspecified atom stereocenters. The standard InChI is InChI=1S/C24H33NO3/c1-6-21(26)20-14-10-13-19(18-11-8-7-9-12-18)23(20)28-24(16(2)3,17(4)5)22(27)15-25/h7-14,16-17,22,27H,6,15,25H2,1-5H3. The largest absolute Gasteiger partial charge is 0.483 e. The number of carbonyl (C=O) groups is 1. The summed E-state index contributed by atoms with van der Waals surface area (Å²) < 4.78 is 6.67. The third kappa shape index (κ3) is 4.13. The molecule has 2 rings (SSSR count). The van der Waals surface area contributed by atoms with Crippen molar-refractivity contribution < 1.29 is 14.6 Å². The maximum absolute atomic E-state index is 12.7. The number of carbonyl (C=O) groups excluding carboxylic acids is 1. The Morgan fingerprint density at radius 2 is 1.64 bits per heavy atom. The van der Waals surface area contributed by atoms with Gasteiger partial charge in [-0.25, -0.2) is 0 Å². The van der Waals surface area contributed by atoms with E-state index in [-0.39, 0.29) is 24.2 Å². The summed E-state index contributed by atoms with van der Waals surface area (Å²) >= 11 is 0. The first-order valence-corrected chi connectivity index (χ1v) is 10.1. The Bertz CT molecular complexity index is 776. The number of para-hydroxylation sites is 1. The van der Waals surface area contributed by atoms with E-state index in [0.717, 1.165) is 11.1 Å². The second-order valence-corrected chi connectivity index (χ2v) is 7.84. The van der Waals surface area contributed by atoms with Gasteiger partial charge in [-0.15, -0.1) is 0 Å². The maximum atomic E-state index is 12.7. The van der Waals surface area contributed by atoms with E-state index in [9.17, 15) is 9.90 Å². The quantitative estimate of drug-likeness (QED) is 0.616. The van der Waals surface area contributed by atoms with Crippen LogP contribution in [0.2, 0.25) is 0 Å². The lowest BCUT2D eigenvalue weighted by Crippen LogP contribution is -2.58. The van der Waals surface area contributed by atoms with Gasteiger partial charge in [0, 0.05) is 18.5 Å². The average Bonchev–Trinajstić information content (AvgIpc) is 2.70. The smallest absolute Gasteiger partial charge is 0.166 e. The molecule has 0 bridgehead atoms. The van der Waals surface area contributed by atoms with Crippen molar-refractivity contribution in [1.29, 1.82) is 0 Å². The highest BCUT2D eigenvalue weighted by Crippen LogP contribution is 2.41. The molecule has 0 aliphatic rings. The van der Waals surface area contributed by atoms with Gasteiger partial charge in [0.25, 0.3) is 0 Å². The molecule has 2 aromatic rings. The number of ketones is 1.